The minimum Gasteiger partial charge on any atom is -0.480 e. The summed E-state index contributed by atoms with van der Waals surface area (Å²) in [5.41, 5.74) is 10.5. The van der Waals surface area contributed by atoms with Gasteiger partial charge >= 0.3 is 5.97 Å². The van der Waals surface area contributed by atoms with E-state index in [1.165, 1.54) is 0 Å². The number of rotatable bonds is 12. The highest BCUT2D eigenvalue weighted by atomic mass is 32.1. The summed E-state index contributed by atoms with van der Waals surface area (Å²) < 4.78 is 0. The molecule has 4 atom stereocenters. The van der Waals surface area contributed by atoms with Crippen LogP contribution < -0.4 is 27.4 Å². The lowest BCUT2D eigenvalue weighted by molar-refractivity contribution is -0.141. The molecule has 0 rings (SSSR count). The first-order valence-electron chi connectivity index (χ1n) is 7.57. The number of carbonyl (C=O) groups excluding carboxylic acids is 4. The molecule has 0 spiro atoms. The Morgan fingerprint density at radius 2 is 1.33 bits per heavy atom. The average molecular weight is 425 g/mol. The molecule has 0 aromatic rings. The summed E-state index contributed by atoms with van der Waals surface area (Å²) in [4.78, 5) is 58.2. The predicted octanol–water partition coefficient (Wildman–Crippen LogP) is -4.42. The van der Waals surface area contributed by atoms with Crippen LogP contribution in [0.3, 0.4) is 0 Å². The zero-order valence-electron chi connectivity index (χ0n) is 14.1. The first-order valence-corrected chi connectivity index (χ1v) is 8.84. The van der Waals surface area contributed by atoms with Crippen molar-refractivity contribution < 1.29 is 34.2 Å². The fourth-order valence-electron chi connectivity index (χ4n) is 1.70. The van der Waals surface area contributed by atoms with Crippen LogP contribution in [0.15, 0.2) is 0 Å². The second kappa shape index (κ2) is 12.4. The van der Waals surface area contributed by atoms with E-state index in [0.29, 0.717) is 0 Å². The summed E-state index contributed by atoms with van der Waals surface area (Å²) in [7, 11) is 0. The van der Waals surface area contributed by atoms with Gasteiger partial charge in [0.15, 0.2) is 0 Å². The molecule has 0 aliphatic carbocycles. The Kier molecular flexibility index (Phi) is 11.4. The maximum atomic E-state index is 12.2. The van der Waals surface area contributed by atoms with E-state index in [0.717, 1.165) is 0 Å². The Morgan fingerprint density at radius 1 is 0.852 bits per heavy atom. The van der Waals surface area contributed by atoms with Crippen LogP contribution in [0, 0.1) is 0 Å². The van der Waals surface area contributed by atoms with Gasteiger partial charge in [-0.2, -0.15) is 25.3 Å². The van der Waals surface area contributed by atoms with Crippen molar-refractivity contribution in [3.8, 4) is 0 Å². The molecule has 9 N–H and O–H groups in total. The molecule has 4 amide bonds. The van der Waals surface area contributed by atoms with Gasteiger partial charge in [0.1, 0.15) is 18.1 Å². The van der Waals surface area contributed by atoms with Crippen LogP contribution in [0.25, 0.3) is 0 Å². The van der Waals surface area contributed by atoms with Crippen molar-refractivity contribution in [1.29, 1.82) is 0 Å². The number of carboxylic acid groups (broad SMARTS) is 1. The largest absolute Gasteiger partial charge is 0.480 e. The number of aliphatic hydroxyl groups excluding tert-OH is 1. The Morgan fingerprint density at radius 3 is 1.74 bits per heavy atom. The Balaban J connectivity index is 5.16. The van der Waals surface area contributed by atoms with Gasteiger partial charge in [-0.05, 0) is 0 Å². The third kappa shape index (κ3) is 8.94. The number of amides is 4. The summed E-state index contributed by atoms with van der Waals surface area (Å²) in [5, 5.41) is 24.6. The van der Waals surface area contributed by atoms with Gasteiger partial charge in [0.2, 0.25) is 23.6 Å². The normalized spacial score (nSPS) is 15.0. The van der Waals surface area contributed by atoms with Crippen molar-refractivity contribution in [2.75, 3.05) is 18.1 Å². The standard InChI is InChI=1S/C13H23N5O7S2/c14-5(3-26)10(21)17-7(2-19)12(23)16-6(1-9(15)20)11(22)18-8(4-27)13(24)25/h5-8,19,26-27H,1-4,14H2,(H2,15,20)(H,16,23)(H,17,21)(H,18,22)(H,24,25)/t5-,6-,7-,8-/m0/s1. The number of carbonyl (C=O) groups is 5. The van der Waals surface area contributed by atoms with Crippen molar-refractivity contribution >= 4 is 54.9 Å². The van der Waals surface area contributed by atoms with E-state index in [4.69, 9.17) is 16.6 Å². The molecule has 12 nitrogen and oxygen atoms in total. The molecule has 0 fully saturated rings. The SMILES string of the molecule is NC(=O)C[C@H](NC(=O)[C@H](CO)NC(=O)[C@@H](N)CS)C(=O)N[C@@H](CS)C(=O)O. The van der Waals surface area contributed by atoms with Gasteiger partial charge in [0.05, 0.1) is 19.1 Å². The number of hydrogen-bond donors (Lipinski definition) is 9. The molecule has 0 saturated carbocycles. The summed E-state index contributed by atoms with van der Waals surface area (Å²) in [5.74, 6) is -5.35. The molecular formula is C13H23N5O7S2. The minimum absolute atomic E-state index is 0.0153. The first-order chi connectivity index (χ1) is 12.6. The van der Waals surface area contributed by atoms with Crippen LogP contribution in [-0.2, 0) is 24.0 Å². The number of primary amides is 1. The summed E-state index contributed by atoms with van der Waals surface area (Å²) in [6.45, 7) is -0.823. The molecule has 0 radical (unpaired) electrons. The first kappa shape index (κ1) is 25.0. The number of nitrogens with two attached hydrogens (primary N) is 2. The van der Waals surface area contributed by atoms with Gasteiger partial charge in [-0.1, -0.05) is 0 Å². The monoisotopic (exact) mass is 425 g/mol. The molecule has 0 bridgehead atoms. The fraction of sp³-hybridized carbons (Fsp3) is 0.615. The van der Waals surface area contributed by atoms with Gasteiger partial charge in [0.25, 0.3) is 0 Å². The van der Waals surface area contributed by atoms with E-state index in [1.54, 1.807) is 0 Å². The van der Waals surface area contributed by atoms with Gasteiger partial charge < -0.3 is 37.6 Å². The third-order valence-corrected chi connectivity index (χ3v) is 3.94. The van der Waals surface area contributed by atoms with E-state index in [2.05, 4.69) is 41.2 Å². The van der Waals surface area contributed by atoms with Crippen LogP contribution in [-0.4, -0.2) is 82.1 Å². The second-order valence-corrected chi connectivity index (χ2v) is 6.08. The van der Waals surface area contributed by atoms with E-state index >= 15 is 0 Å². The number of thiol groups is 2. The fourth-order valence-corrected chi connectivity index (χ4v) is 2.11. The lowest BCUT2D eigenvalue weighted by atomic mass is 10.1. The number of hydrogen-bond acceptors (Lipinski definition) is 9. The average Bonchev–Trinajstić information content (AvgIpc) is 2.61. The quantitative estimate of drug-likeness (QED) is 0.139. The number of aliphatic carboxylic acids is 1. The van der Waals surface area contributed by atoms with Gasteiger partial charge in [0, 0.05) is 11.5 Å². The Hall–Kier alpha value is -2.03. The zero-order chi connectivity index (χ0) is 21.1. The molecule has 0 saturated heterocycles. The number of carboxylic acids is 1. The third-order valence-electron chi connectivity index (χ3n) is 3.18. The zero-order valence-corrected chi connectivity index (χ0v) is 15.9. The maximum Gasteiger partial charge on any atom is 0.327 e. The smallest absolute Gasteiger partial charge is 0.327 e. The molecule has 0 aromatic carbocycles. The van der Waals surface area contributed by atoms with E-state index in [9.17, 15) is 29.1 Å². The number of nitrogens with one attached hydrogen (secondary N) is 3. The summed E-state index contributed by atoms with van der Waals surface area (Å²) >= 11 is 7.61. The van der Waals surface area contributed by atoms with Gasteiger partial charge in [-0.15, -0.1) is 0 Å². The van der Waals surface area contributed by atoms with Crippen LogP contribution >= 0.6 is 25.3 Å². The molecule has 154 valence electrons. The van der Waals surface area contributed by atoms with Crippen molar-refractivity contribution in [3.63, 3.8) is 0 Å². The molecular weight excluding hydrogens is 402 g/mol. The van der Waals surface area contributed by atoms with Crippen LogP contribution in [0.5, 0.6) is 0 Å². The second-order valence-electron chi connectivity index (χ2n) is 5.35. The van der Waals surface area contributed by atoms with Crippen LogP contribution in [0.1, 0.15) is 6.42 Å². The van der Waals surface area contributed by atoms with Crippen LogP contribution in [0.4, 0.5) is 0 Å². The highest BCUT2D eigenvalue weighted by Crippen LogP contribution is 1.98. The van der Waals surface area contributed by atoms with Crippen LogP contribution in [0.2, 0.25) is 0 Å². The van der Waals surface area contributed by atoms with Crippen molar-refractivity contribution in [1.82, 2.24) is 16.0 Å². The minimum atomic E-state index is -1.53. The van der Waals surface area contributed by atoms with E-state index in [-0.39, 0.29) is 11.5 Å². The molecule has 0 unspecified atom stereocenters. The highest BCUT2D eigenvalue weighted by molar-refractivity contribution is 7.80. The van der Waals surface area contributed by atoms with Gasteiger partial charge in [-0.3, -0.25) is 19.2 Å². The van der Waals surface area contributed by atoms with E-state index in [1.807, 2.05) is 0 Å². The number of aliphatic hydroxyl groups is 1. The molecule has 0 aliphatic heterocycles. The Labute approximate surface area is 165 Å². The predicted molar refractivity (Wildman–Crippen MR) is 100 cm³/mol. The van der Waals surface area contributed by atoms with Crippen molar-refractivity contribution in [2.45, 2.75) is 30.6 Å². The molecule has 0 aromatic heterocycles. The Bertz CT molecular complexity index is 577. The summed E-state index contributed by atoms with van der Waals surface area (Å²) in [6.07, 6.45) is -0.640. The molecule has 14 heteroatoms. The maximum absolute atomic E-state index is 12.2. The topological polar surface area (TPSA) is 214 Å². The lowest BCUT2D eigenvalue weighted by Gasteiger charge is -2.23. The molecule has 0 aliphatic rings. The molecule has 27 heavy (non-hydrogen) atoms. The van der Waals surface area contributed by atoms with Crippen molar-refractivity contribution in [3.05, 3.63) is 0 Å². The lowest BCUT2D eigenvalue weighted by Crippen LogP contribution is -2.59. The van der Waals surface area contributed by atoms with E-state index < -0.39 is 66.8 Å². The molecule has 0 heterocycles. The van der Waals surface area contributed by atoms with Crippen molar-refractivity contribution in [2.24, 2.45) is 11.5 Å². The highest BCUT2D eigenvalue weighted by Gasteiger charge is 2.30. The summed E-state index contributed by atoms with van der Waals surface area (Å²) in [6, 6.07) is -5.39. The van der Waals surface area contributed by atoms with Gasteiger partial charge in [-0.25, -0.2) is 4.79 Å².